The predicted molar refractivity (Wildman–Crippen MR) is 249 cm³/mol. The van der Waals surface area contributed by atoms with Crippen molar-refractivity contribution in [1.29, 1.82) is 0 Å². The van der Waals surface area contributed by atoms with Crippen LogP contribution in [0, 0.1) is 5.92 Å². The van der Waals surface area contributed by atoms with Crippen molar-refractivity contribution in [1.82, 2.24) is 40.4 Å². The summed E-state index contributed by atoms with van der Waals surface area (Å²) in [5.41, 5.74) is 6.42. The Morgan fingerprint density at radius 2 is 1.29 bits per heavy atom. The molecule has 328 valence electrons. The maximum absolute atomic E-state index is 13.0. The van der Waals surface area contributed by atoms with Crippen molar-refractivity contribution in [3.8, 4) is 0 Å². The minimum absolute atomic E-state index is 0.0116. The van der Waals surface area contributed by atoms with E-state index in [-0.39, 0.29) is 12.0 Å². The van der Waals surface area contributed by atoms with E-state index in [0.29, 0.717) is 41.0 Å². The molecule has 0 saturated heterocycles. The van der Waals surface area contributed by atoms with Crippen molar-refractivity contribution >= 4 is 45.4 Å². The monoisotopic (exact) mass is 874 g/mol. The summed E-state index contributed by atoms with van der Waals surface area (Å²) in [7, 11) is 0. The van der Waals surface area contributed by atoms with E-state index in [1.807, 2.05) is 127 Å². The lowest BCUT2D eigenvalue weighted by atomic mass is 9.74. The number of allylic oxidation sites excluding steroid dienone is 2. The van der Waals surface area contributed by atoms with E-state index >= 15 is 0 Å². The highest BCUT2D eigenvalue weighted by Gasteiger charge is 2.59. The number of carboxylic acids is 2. The van der Waals surface area contributed by atoms with E-state index in [9.17, 15) is 19.8 Å². The lowest BCUT2D eigenvalue weighted by Crippen LogP contribution is -2.50. The molecule has 14 nitrogen and oxygen atoms in total. The van der Waals surface area contributed by atoms with Gasteiger partial charge < -0.3 is 20.0 Å². The molecule has 3 atom stereocenters. The summed E-state index contributed by atoms with van der Waals surface area (Å²) in [5, 5.41) is 50.7. The average molecular weight is 875 g/mol. The molecule has 0 bridgehead atoms. The van der Waals surface area contributed by atoms with Crippen LogP contribution in [0.3, 0.4) is 0 Å². The quantitative estimate of drug-likeness (QED) is 0.149. The van der Waals surface area contributed by atoms with E-state index in [4.69, 9.17) is 0 Å². The van der Waals surface area contributed by atoms with Crippen LogP contribution >= 0.6 is 0 Å². The molecule has 1 fully saturated rings. The molecule has 2 N–H and O–H groups in total. The summed E-state index contributed by atoms with van der Waals surface area (Å²) in [6.07, 6.45) is 4.81. The highest BCUT2D eigenvalue weighted by atomic mass is 16.4. The Morgan fingerprint density at radius 1 is 0.652 bits per heavy atom. The van der Waals surface area contributed by atoms with E-state index in [1.54, 1.807) is 9.36 Å². The number of anilines is 2. The van der Waals surface area contributed by atoms with Gasteiger partial charge in [0, 0.05) is 11.4 Å². The molecular formula is C52H46N10O4. The van der Waals surface area contributed by atoms with Crippen LogP contribution in [-0.2, 0) is 28.1 Å². The Balaban J connectivity index is 0.000000146. The third-order valence-electron chi connectivity index (χ3n) is 13.9. The predicted octanol–water partition coefficient (Wildman–Crippen LogP) is 9.03. The Morgan fingerprint density at radius 3 is 2.05 bits per heavy atom. The third-order valence-corrected chi connectivity index (χ3v) is 13.9. The zero-order valence-corrected chi connectivity index (χ0v) is 36.4. The fraction of sp³-hybridized carbons (Fsp3) is 0.231. The second-order valence-electron chi connectivity index (χ2n) is 17.5. The SMILES string of the molecule is CC1=C(C(=O)O)C(c2cccc3ccccc23)(C2CC2)n2nnnc2N1Cc1ccccc1.CC1=C(C(=O)O)C(c2cccc3ccccc23)n2nnnc2N1C1CCCc2ccccc21. The van der Waals surface area contributed by atoms with Crippen LogP contribution in [0.2, 0.25) is 0 Å². The first-order valence-corrected chi connectivity index (χ1v) is 22.4. The van der Waals surface area contributed by atoms with Gasteiger partial charge in [-0.3, -0.25) is 0 Å². The molecule has 2 aliphatic heterocycles. The van der Waals surface area contributed by atoms with Crippen LogP contribution < -0.4 is 9.80 Å². The summed E-state index contributed by atoms with van der Waals surface area (Å²) >= 11 is 0. The van der Waals surface area contributed by atoms with Gasteiger partial charge in [0.25, 0.3) is 11.9 Å². The van der Waals surface area contributed by atoms with Crippen LogP contribution in [0.4, 0.5) is 11.9 Å². The first-order chi connectivity index (χ1) is 32.3. The van der Waals surface area contributed by atoms with Crippen molar-refractivity contribution in [2.75, 3.05) is 9.80 Å². The van der Waals surface area contributed by atoms with Crippen LogP contribution in [-0.4, -0.2) is 62.6 Å². The number of tetrazole rings is 2. The Hall–Kier alpha value is -8.00. The summed E-state index contributed by atoms with van der Waals surface area (Å²) in [6.45, 7) is 4.25. The van der Waals surface area contributed by atoms with Crippen LogP contribution in [0.25, 0.3) is 21.5 Å². The van der Waals surface area contributed by atoms with E-state index in [0.717, 1.165) is 70.3 Å². The van der Waals surface area contributed by atoms with Crippen LogP contribution in [0.15, 0.2) is 162 Å². The Labute approximate surface area is 380 Å². The molecule has 2 aliphatic carbocycles. The molecule has 6 aromatic carbocycles. The van der Waals surface area contributed by atoms with Crippen molar-refractivity contribution in [2.45, 2.75) is 70.1 Å². The second kappa shape index (κ2) is 16.2. The van der Waals surface area contributed by atoms with Gasteiger partial charge in [0.2, 0.25) is 0 Å². The molecule has 12 rings (SSSR count). The molecule has 0 amide bonds. The van der Waals surface area contributed by atoms with E-state index in [1.165, 1.54) is 11.1 Å². The van der Waals surface area contributed by atoms with E-state index in [2.05, 4.69) is 67.4 Å². The molecular weight excluding hydrogens is 829 g/mol. The fourth-order valence-electron chi connectivity index (χ4n) is 11.0. The number of aryl methyl sites for hydroxylation is 1. The molecule has 14 heteroatoms. The van der Waals surface area contributed by atoms with Gasteiger partial charge in [-0.05, 0) is 122 Å². The Kier molecular flexibility index (Phi) is 10.0. The average Bonchev–Trinajstić information content (AvgIpc) is 3.88. The van der Waals surface area contributed by atoms with Crippen LogP contribution in [0.5, 0.6) is 0 Å². The number of aliphatic carboxylic acids is 2. The minimum Gasteiger partial charge on any atom is -0.478 e. The van der Waals surface area contributed by atoms with Gasteiger partial charge >= 0.3 is 11.9 Å². The molecule has 4 aliphatic rings. The molecule has 1 saturated carbocycles. The zero-order valence-electron chi connectivity index (χ0n) is 36.4. The van der Waals surface area contributed by atoms with Gasteiger partial charge in [-0.2, -0.15) is 9.36 Å². The van der Waals surface area contributed by atoms with Crippen molar-refractivity contribution in [2.24, 2.45) is 5.92 Å². The molecule has 3 unspecified atom stereocenters. The highest BCUT2D eigenvalue weighted by molar-refractivity contribution is 5.97. The molecule has 8 aromatic rings. The lowest BCUT2D eigenvalue weighted by molar-refractivity contribution is -0.134. The van der Waals surface area contributed by atoms with Gasteiger partial charge in [-0.15, -0.1) is 0 Å². The normalized spacial score (nSPS) is 20.1. The topological polar surface area (TPSA) is 168 Å². The van der Waals surface area contributed by atoms with Crippen molar-refractivity contribution in [3.63, 3.8) is 0 Å². The van der Waals surface area contributed by atoms with Gasteiger partial charge in [0.05, 0.1) is 23.7 Å². The van der Waals surface area contributed by atoms with Gasteiger partial charge in [-0.1, -0.05) is 150 Å². The largest absolute Gasteiger partial charge is 0.478 e. The summed E-state index contributed by atoms with van der Waals surface area (Å²) < 4.78 is 3.45. The third kappa shape index (κ3) is 6.45. The van der Waals surface area contributed by atoms with E-state index < -0.39 is 23.5 Å². The molecule has 66 heavy (non-hydrogen) atoms. The smallest absolute Gasteiger partial charge is 0.336 e. The molecule has 4 heterocycles. The van der Waals surface area contributed by atoms with Gasteiger partial charge in [0.15, 0.2) is 0 Å². The fourth-order valence-corrected chi connectivity index (χ4v) is 11.0. The minimum atomic E-state index is -0.969. The lowest BCUT2D eigenvalue weighted by Gasteiger charge is -2.43. The standard InChI is InChI=1S/2C26H23N5O2/c1-16-23(25(32)33)24(21-14-6-10-17-8-2-4-12-19(17)21)31-26(27-28-29-31)30(16)22-15-7-11-18-9-3-5-13-20(18)22;1-17-23(24(32)33)26(20-14-15-20,22-13-7-11-19-10-5-6-12-21(19)22)31-25(27-28-29-31)30(17)16-18-8-3-2-4-9-18/h2-6,8-10,12-14,22,24H,7,11,15H2,1H3,(H,32,33);2-13,20H,14-16H2,1H3,(H,32,33). The maximum atomic E-state index is 13.0. The number of nitrogens with zero attached hydrogens (tertiary/aromatic N) is 10. The maximum Gasteiger partial charge on any atom is 0.336 e. The number of aromatic nitrogens is 8. The summed E-state index contributed by atoms with van der Waals surface area (Å²) in [4.78, 5) is 29.7. The zero-order chi connectivity index (χ0) is 45.1. The Bertz CT molecular complexity index is 3250. The van der Waals surface area contributed by atoms with Crippen molar-refractivity contribution < 1.29 is 19.8 Å². The van der Waals surface area contributed by atoms with Crippen LogP contribution in [0.1, 0.15) is 79.4 Å². The first kappa shape index (κ1) is 40.8. The number of rotatable bonds is 8. The molecule has 2 aromatic heterocycles. The number of fused-ring (bicyclic) bond motifs is 5. The number of benzene rings is 6. The second-order valence-corrected chi connectivity index (χ2v) is 17.5. The molecule has 0 radical (unpaired) electrons. The number of hydrogen-bond donors (Lipinski definition) is 2. The van der Waals surface area contributed by atoms with Gasteiger partial charge in [0.1, 0.15) is 11.6 Å². The van der Waals surface area contributed by atoms with Gasteiger partial charge in [-0.25, -0.2) is 9.59 Å². The molecule has 0 spiro atoms. The first-order valence-electron chi connectivity index (χ1n) is 22.4. The number of carboxylic acid groups (broad SMARTS) is 2. The highest BCUT2D eigenvalue weighted by Crippen LogP contribution is 2.57. The summed E-state index contributed by atoms with van der Waals surface area (Å²) in [6, 6.07) is 45.9. The number of carbonyl (C=O) groups is 2. The van der Waals surface area contributed by atoms with Crippen molar-refractivity contribution in [3.05, 3.63) is 190 Å². The number of hydrogen-bond acceptors (Lipinski definition) is 10. The summed E-state index contributed by atoms with van der Waals surface area (Å²) in [5.74, 6) is -0.643.